The molecule has 1 aromatic carbocycles. The van der Waals surface area contributed by atoms with Gasteiger partial charge in [0.25, 0.3) is 0 Å². The molecule has 0 unspecified atom stereocenters. The molecular formula is C9H10F2N2. The third kappa shape index (κ3) is 2.50. The van der Waals surface area contributed by atoms with Crippen molar-refractivity contribution in [2.45, 2.75) is 12.3 Å². The Balaban J connectivity index is 2.75. The lowest BCUT2D eigenvalue weighted by Crippen LogP contribution is -2.36. The van der Waals surface area contributed by atoms with E-state index in [1.54, 1.807) is 30.3 Å². The van der Waals surface area contributed by atoms with Crippen LogP contribution in [0.5, 0.6) is 0 Å². The molecule has 0 atom stereocenters. The van der Waals surface area contributed by atoms with Gasteiger partial charge in [0, 0.05) is 6.42 Å². The predicted octanol–water partition coefficient (Wildman–Crippen LogP) is 1.80. The number of hydrogen-bond acceptors (Lipinski definition) is 1. The number of amidine groups is 1. The number of nitrogens with two attached hydrogens (primary N) is 1. The van der Waals surface area contributed by atoms with Gasteiger partial charge in [-0.25, -0.2) is 0 Å². The number of hydrogen-bond donors (Lipinski definition) is 2. The summed E-state index contributed by atoms with van der Waals surface area (Å²) in [6.45, 7) is 0. The van der Waals surface area contributed by atoms with Crippen LogP contribution in [0.3, 0.4) is 0 Å². The minimum atomic E-state index is -3.23. The Kier molecular flexibility index (Phi) is 2.60. The minimum absolute atomic E-state index is 0.475. The Morgan fingerprint density at radius 2 is 1.85 bits per heavy atom. The van der Waals surface area contributed by atoms with Gasteiger partial charge < -0.3 is 5.73 Å². The van der Waals surface area contributed by atoms with Crippen molar-refractivity contribution >= 4 is 5.84 Å². The molecular weight excluding hydrogens is 174 g/mol. The standard InChI is InChI=1S/C9H10F2N2/c10-9(11,8(12)13)6-7-4-2-1-3-5-7/h1-5H,6H2,(H3,12,13). The SMILES string of the molecule is N=C(N)C(F)(F)Cc1ccccc1. The molecule has 0 bridgehead atoms. The zero-order chi connectivity index (χ0) is 9.90. The molecule has 0 aliphatic rings. The maximum Gasteiger partial charge on any atom is 0.307 e. The Hall–Kier alpha value is -1.45. The van der Waals surface area contributed by atoms with Crippen molar-refractivity contribution in [3.8, 4) is 0 Å². The second kappa shape index (κ2) is 3.51. The quantitative estimate of drug-likeness (QED) is 0.546. The average molecular weight is 184 g/mol. The van der Waals surface area contributed by atoms with E-state index in [1.165, 1.54) is 0 Å². The highest BCUT2D eigenvalue weighted by atomic mass is 19.3. The summed E-state index contributed by atoms with van der Waals surface area (Å²) in [4.78, 5) is 0. The third-order valence-electron chi connectivity index (χ3n) is 1.66. The molecule has 0 radical (unpaired) electrons. The van der Waals surface area contributed by atoms with Gasteiger partial charge >= 0.3 is 5.92 Å². The van der Waals surface area contributed by atoms with Gasteiger partial charge in [-0.05, 0) is 5.56 Å². The Morgan fingerprint density at radius 1 is 1.31 bits per heavy atom. The van der Waals surface area contributed by atoms with Gasteiger partial charge in [-0.2, -0.15) is 8.78 Å². The van der Waals surface area contributed by atoms with Crippen LogP contribution in [0.1, 0.15) is 5.56 Å². The van der Waals surface area contributed by atoms with Crippen molar-refractivity contribution in [2.75, 3.05) is 0 Å². The average Bonchev–Trinajstić information content (AvgIpc) is 2.05. The van der Waals surface area contributed by atoms with Crippen LogP contribution in [0.4, 0.5) is 8.78 Å². The highest BCUT2D eigenvalue weighted by Crippen LogP contribution is 2.19. The van der Waals surface area contributed by atoms with E-state index in [4.69, 9.17) is 11.1 Å². The molecule has 0 amide bonds. The molecule has 0 aliphatic heterocycles. The maximum absolute atomic E-state index is 12.9. The molecule has 13 heavy (non-hydrogen) atoms. The highest BCUT2D eigenvalue weighted by Gasteiger charge is 2.32. The predicted molar refractivity (Wildman–Crippen MR) is 47.0 cm³/mol. The first-order valence-electron chi connectivity index (χ1n) is 3.78. The highest BCUT2D eigenvalue weighted by molar-refractivity contribution is 5.84. The van der Waals surface area contributed by atoms with E-state index in [0.29, 0.717) is 5.56 Å². The first-order chi connectivity index (χ1) is 6.02. The van der Waals surface area contributed by atoms with E-state index in [9.17, 15) is 8.78 Å². The van der Waals surface area contributed by atoms with Crippen LogP contribution in [0.15, 0.2) is 30.3 Å². The number of nitrogens with one attached hydrogen (secondary N) is 1. The van der Waals surface area contributed by atoms with E-state index in [0.717, 1.165) is 0 Å². The fraction of sp³-hybridized carbons (Fsp3) is 0.222. The molecule has 1 aromatic rings. The molecule has 3 N–H and O–H groups in total. The fourth-order valence-corrected chi connectivity index (χ4v) is 0.947. The van der Waals surface area contributed by atoms with Crippen molar-refractivity contribution in [1.82, 2.24) is 0 Å². The summed E-state index contributed by atoms with van der Waals surface area (Å²) in [7, 11) is 0. The van der Waals surface area contributed by atoms with E-state index in [-0.39, 0.29) is 0 Å². The summed E-state index contributed by atoms with van der Waals surface area (Å²) in [6, 6.07) is 8.25. The van der Waals surface area contributed by atoms with E-state index < -0.39 is 18.2 Å². The van der Waals surface area contributed by atoms with Crippen LogP contribution >= 0.6 is 0 Å². The third-order valence-corrected chi connectivity index (χ3v) is 1.66. The first-order valence-corrected chi connectivity index (χ1v) is 3.78. The van der Waals surface area contributed by atoms with Gasteiger partial charge in [0.15, 0.2) is 5.84 Å². The number of alkyl halides is 2. The minimum Gasteiger partial charge on any atom is -0.383 e. The molecule has 0 saturated heterocycles. The summed E-state index contributed by atoms with van der Waals surface area (Å²) in [5.41, 5.74) is 5.23. The lowest BCUT2D eigenvalue weighted by molar-refractivity contribution is 0.0762. The lowest BCUT2D eigenvalue weighted by atomic mass is 10.1. The molecule has 0 heterocycles. The number of halogens is 2. The van der Waals surface area contributed by atoms with E-state index in [1.807, 2.05) is 0 Å². The van der Waals surface area contributed by atoms with Gasteiger partial charge in [0.05, 0.1) is 0 Å². The van der Waals surface area contributed by atoms with Gasteiger partial charge in [-0.15, -0.1) is 0 Å². The largest absolute Gasteiger partial charge is 0.383 e. The molecule has 2 nitrogen and oxygen atoms in total. The van der Waals surface area contributed by atoms with Gasteiger partial charge in [-0.3, -0.25) is 5.41 Å². The van der Waals surface area contributed by atoms with Crippen molar-refractivity contribution < 1.29 is 8.78 Å². The summed E-state index contributed by atoms with van der Waals surface area (Å²) < 4.78 is 25.8. The summed E-state index contributed by atoms with van der Waals surface area (Å²) in [5, 5.41) is 6.67. The Bertz CT molecular complexity index is 296. The lowest BCUT2D eigenvalue weighted by Gasteiger charge is -2.13. The van der Waals surface area contributed by atoms with Crippen LogP contribution in [-0.4, -0.2) is 11.8 Å². The number of rotatable bonds is 3. The van der Waals surface area contributed by atoms with Gasteiger partial charge in [0.1, 0.15) is 0 Å². The Morgan fingerprint density at radius 3 is 2.31 bits per heavy atom. The molecule has 70 valence electrons. The smallest absolute Gasteiger partial charge is 0.307 e. The van der Waals surface area contributed by atoms with Crippen molar-refractivity contribution in [3.05, 3.63) is 35.9 Å². The van der Waals surface area contributed by atoms with Crippen LogP contribution in [0, 0.1) is 5.41 Å². The molecule has 0 aromatic heterocycles. The van der Waals surface area contributed by atoms with Crippen LogP contribution in [-0.2, 0) is 6.42 Å². The zero-order valence-electron chi connectivity index (χ0n) is 6.93. The zero-order valence-corrected chi connectivity index (χ0v) is 6.93. The molecule has 0 fully saturated rings. The van der Waals surface area contributed by atoms with Gasteiger partial charge in [-0.1, -0.05) is 30.3 Å². The van der Waals surface area contributed by atoms with Crippen LogP contribution < -0.4 is 5.73 Å². The molecule has 0 aliphatic carbocycles. The van der Waals surface area contributed by atoms with Crippen molar-refractivity contribution in [3.63, 3.8) is 0 Å². The fourth-order valence-electron chi connectivity index (χ4n) is 0.947. The topological polar surface area (TPSA) is 49.9 Å². The Labute approximate surface area is 74.9 Å². The maximum atomic E-state index is 12.9. The van der Waals surface area contributed by atoms with Gasteiger partial charge in [0.2, 0.25) is 0 Å². The summed E-state index contributed by atoms with van der Waals surface area (Å²) in [5.74, 6) is -4.32. The molecule has 0 spiro atoms. The normalized spacial score (nSPS) is 11.2. The summed E-state index contributed by atoms with van der Waals surface area (Å²) in [6.07, 6.45) is -0.511. The first kappa shape index (κ1) is 9.64. The molecule has 0 saturated carbocycles. The summed E-state index contributed by atoms with van der Waals surface area (Å²) >= 11 is 0. The second-order valence-corrected chi connectivity index (χ2v) is 2.78. The van der Waals surface area contributed by atoms with Crippen LogP contribution in [0.25, 0.3) is 0 Å². The molecule has 1 rings (SSSR count). The second-order valence-electron chi connectivity index (χ2n) is 2.78. The van der Waals surface area contributed by atoms with E-state index in [2.05, 4.69) is 0 Å². The van der Waals surface area contributed by atoms with Crippen molar-refractivity contribution in [1.29, 1.82) is 5.41 Å². The van der Waals surface area contributed by atoms with Crippen LogP contribution in [0.2, 0.25) is 0 Å². The monoisotopic (exact) mass is 184 g/mol. The van der Waals surface area contributed by atoms with E-state index >= 15 is 0 Å². The number of benzene rings is 1. The van der Waals surface area contributed by atoms with Crippen molar-refractivity contribution in [2.24, 2.45) is 5.73 Å². The molecule has 4 heteroatoms.